The number of carboxylic acid groups (broad SMARTS) is 1. The Kier molecular flexibility index (Phi) is 6.63. The van der Waals surface area contributed by atoms with E-state index in [1.807, 2.05) is 24.3 Å². The monoisotopic (exact) mass is 424 g/mol. The van der Waals surface area contributed by atoms with Crippen molar-refractivity contribution in [2.24, 2.45) is 5.41 Å². The van der Waals surface area contributed by atoms with Gasteiger partial charge >= 0.3 is 12.1 Å². The number of nitrogens with zero attached hydrogens (tertiary/aromatic N) is 1. The molecule has 7 nitrogen and oxygen atoms in total. The first kappa shape index (κ1) is 22.3. The molecule has 1 aliphatic rings. The van der Waals surface area contributed by atoms with E-state index in [0.717, 1.165) is 22.3 Å². The second-order valence-electron chi connectivity index (χ2n) is 8.43. The van der Waals surface area contributed by atoms with Crippen LogP contribution in [0.3, 0.4) is 0 Å². The van der Waals surface area contributed by atoms with Gasteiger partial charge in [0.05, 0.1) is 11.8 Å². The molecule has 7 heteroatoms. The second-order valence-corrected chi connectivity index (χ2v) is 8.43. The van der Waals surface area contributed by atoms with Crippen molar-refractivity contribution in [2.75, 3.05) is 26.7 Å². The van der Waals surface area contributed by atoms with Gasteiger partial charge in [0.2, 0.25) is 5.91 Å². The van der Waals surface area contributed by atoms with Gasteiger partial charge in [-0.25, -0.2) is 4.79 Å². The minimum atomic E-state index is -0.964. The van der Waals surface area contributed by atoms with Crippen molar-refractivity contribution in [1.82, 2.24) is 10.2 Å². The highest BCUT2D eigenvalue weighted by Crippen LogP contribution is 2.44. The van der Waals surface area contributed by atoms with Crippen molar-refractivity contribution in [3.63, 3.8) is 0 Å². The van der Waals surface area contributed by atoms with E-state index in [4.69, 9.17) is 9.84 Å². The third-order valence-electron chi connectivity index (χ3n) is 5.61. The van der Waals surface area contributed by atoms with Crippen molar-refractivity contribution in [2.45, 2.75) is 26.2 Å². The zero-order chi connectivity index (χ0) is 22.6. The first-order valence-corrected chi connectivity index (χ1v) is 10.3. The SMILES string of the molecule is CN(CCC(=O)O)C(=O)C(C)(C)CNC(=O)OCC1c2ccccc2-c2ccccc21. The van der Waals surface area contributed by atoms with Crippen LogP contribution in [0, 0.1) is 5.41 Å². The van der Waals surface area contributed by atoms with Gasteiger partial charge in [-0.1, -0.05) is 48.5 Å². The van der Waals surface area contributed by atoms with Crippen LogP contribution in [-0.2, 0) is 14.3 Å². The van der Waals surface area contributed by atoms with Crippen LogP contribution >= 0.6 is 0 Å². The number of nitrogens with one attached hydrogen (secondary N) is 1. The molecular weight excluding hydrogens is 396 g/mol. The van der Waals surface area contributed by atoms with E-state index in [2.05, 4.69) is 29.6 Å². The maximum absolute atomic E-state index is 12.6. The summed E-state index contributed by atoms with van der Waals surface area (Å²) in [4.78, 5) is 37.0. The molecule has 0 aromatic heterocycles. The molecule has 3 rings (SSSR count). The van der Waals surface area contributed by atoms with E-state index < -0.39 is 17.5 Å². The fourth-order valence-corrected chi connectivity index (χ4v) is 3.90. The fraction of sp³-hybridized carbons (Fsp3) is 0.375. The summed E-state index contributed by atoms with van der Waals surface area (Å²) in [6.45, 7) is 3.81. The number of carboxylic acids is 1. The van der Waals surface area contributed by atoms with Crippen LogP contribution in [0.4, 0.5) is 4.79 Å². The van der Waals surface area contributed by atoms with Crippen LogP contribution in [0.25, 0.3) is 11.1 Å². The van der Waals surface area contributed by atoms with Gasteiger partial charge in [-0.3, -0.25) is 9.59 Å². The molecule has 0 unspecified atom stereocenters. The van der Waals surface area contributed by atoms with Crippen molar-refractivity contribution >= 4 is 18.0 Å². The molecule has 0 fully saturated rings. The third-order valence-corrected chi connectivity index (χ3v) is 5.61. The van der Waals surface area contributed by atoms with Gasteiger partial charge in [-0.2, -0.15) is 0 Å². The highest BCUT2D eigenvalue weighted by Gasteiger charge is 2.32. The lowest BCUT2D eigenvalue weighted by atomic mass is 9.91. The van der Waals surface area contributed by atoms with Crippen LogP contribution in [0.2, 0.25) is 0 Å². The lowest BCUT2D eigenvalue weighted by Crippen LogP contribution is -2.46. The first-order valence-electron chi connectivity index (χ1n) is 10.3. The van der Waals surface area contributed by atoms with Gasteiger partial charge in [0.15, 0.2) is 0 Å². The first-order chi connectivity index (χ1) is 14.7. The quantitative estimate of drug-likeness (QED) is 0.676. The summed E-state index contributed by atoms with van der Waals surface area (Å²) in [5.74, 6) is -1.24. The summed E-state index contributed by atoms with van der Waals surface area (Å²) in [6.07, 6.45) is -0.714. The number of benzene rings is 2. The number of carbonyl (C=O) groups is 3. The highest BCUT2D eigenvalue weighted by atomic mass is 16.5. The van der Waals surface area contributed by atoms with Crippen LogP contribution in [0.1, 0.15) is 37.3 Å². The van der Waals surface area contributed by atoms with E-state index in [-0.39, 0.29) is 37.9 Å². The maximum Gasteiger partial charge on any atom is 0.407 e. The third kappa shape index (κ3) is 5.05. The van der Waals surface area contributed by atoms with E-state index >= 15 is 0 Å². The Balaban J connectivity index is 1.56. The Hall–Kier alpha value is -3.35. The van der Waals surface area contributed by atoms with E-state index in [9.17, 15) is 14.4 Å². The molecule has 2 aromatic rings. The molecule has 0 radical (unpaired) electrons. The van der Waals surface area contributed by atoms with Crippen molar-refractivity contribution < 1.29 is 24.2 Å². The van der Waals surface area contributed by atoms with Gasteiger partial charge in [-0.05, 0) is 36.1 Å². The Bertz CT molecular complexity index is 940. The Morgan fingerprint density at radius 3 is 2.13 bits per heavy atom. The van der Waals surface area contributed by atoms with Gasteiger partial charge in [0.25, 0.3) is 0 Å². The summed E-state index contributed by atoms with van der Waals surface area (Å²) < 4.78 is 5.50. The molecule has 31 heavy (non-hydrogen) atoms. The Morgan fingerprint density at radius 2 is 1.58 bits per heavy atom. The molecule has 2 aromatic carbocycles. The summed E-state index contributed by atoms with van der Waals surface area (Å²) in [5, 5.41) is 11.5. The average Bonchev–Trinajstić information content (AvgIpc) is 3.08. The van der Waals surface area contributed by atoms with Crippen LogP contribution in [0.5, 0.6) is 0 Å². The largest absolute Gasteiger partial charge is 0.481 e. The van der Waals surface area contributed by atoms with Gasteiger partial charge in [0, 0.05) is 26.1 Å². The number of ether oxygens (including phenoxy) is 1. The van der Waals surface area contributed by atoms with Gasteiger partial charge < -0.3 is 20.1 Å². The number of carbonyl (C=O) groups excluding carboxylic acids is 2. The molecule has 0 atom stereocenters. The number of amides is 2. The number of hydrogen-bond donors (Lipinski definition) is 2. The Morgan fingerprint density at radius 1 is 1.03 bits per heavy atom. The summed E-state index contributed by atoms with van der Waals surface area (Å²) in [7, 11) is 1.56. The van der Waals surface area contributed by atoms with E-state index in [1.54, 1.807) is 20.9 Å². The topological polar surface area (TPSA) is 95.9 Å². The molecule has 1 aliphatic carbocycles. The molecule has 0 saturated heterocycles. The smallest absolute Gasteiger partial charge is 0.407 e. The molecule has 2 N–H and O–H groups in total. The fourth-order valence-electron chi connectivity index (χ4n) is 3.90. The minimum absolute atomic E-state index is 0.0325. The average molecular weight is 424 g/mol. The van der Waals surface area contributed by atoms with Crippen LogP contribution in [-0.4, -0.2) is 54.7 Å². The minimum Gasteiger partial charge on any atom is -0.481 e. The molecular formula is C24H28N2O5. The number of hydrogen-bond acceptors (Lipinski definition) is 4. The zero-order valence-electron chi connectivity index (χ0n) is 18.1. The second kappa shape index (κ2) is 9.20. The molecule has 0 saturated carbocycles. The van der Waals surface area contributed by atoms with E-state index in [0.29, 0.717) is 0 Å². The predicted molar refractivity (Wildman–Crippen MR) is 117 cm³/mol. The number of aliphatic carboxylic acids is 1. The molecule has 164 valence electrons. The number of rotatable bonds is 8. The summed E-state index contributed by atoms with van der Waals surface area (Å²) in [6, 6.07) is 16.2. The summed E-state index contributed by atoms with van der Waals surface area (Å²) >= 11 is 0. The molecule has 0 spiro atoms. The molecule has 0 aliphatic heterocycles. The van der Waals surface area contributed by atoms with Crippen molar-refractivity contribution in [3.05, 3.63) is 59.7 Å². The predicted octanol–water partition coefficient (Wildman–Crippen LogP) is 3.48. The number of alkyl carbamates (subject to hydrolysis) is 1. The van der Waals surface area contributed by atoms with Crippen molar-refractivity contribution in [1.29, 1.82) is 0 Å². The molecule has 0 heterocycles. The van der Waals surface area contributed by atoms with Crippen molar-refractivity contribution in [3.8, 4) is 11.1 Å². The van der Waals surface area contributed by atoms with Crippen LogP contribution in [0.15, 0.2) is 48.5 Å². The zero-order valence-corrected chi connectivity index (χ0v) is 18.1. The lowest BCUT2D eigenvalue weighted by molar-refractivity contribution is -0.141. The lowest BCUT2D eigenvalue weighted by Gasteiger charge is -2.29. The highest BCUT2D eigenvalue weighted by molar-refractivity contribution is 5.83. The van der Waals surface area contributed by atoms with Gasteiger partial charge in [-0.15, -0.1) is 0 Å². The van der Waals surface area contributed by atoms with Crippen LogP contribution < -0.4 is 5.32 Å². The Labute approximate surface area is 182 Å². The number of fused-ring (bicyclic) bond motifs is 3. The van der Waals surface area contributed by atoms with Gasteiger partial charge in [0.1, 0.15) is 6.61 Å². The standard InChI is InChI=1S/C24H28N2O5/c1-24(2,22(29)26(3)13-12-21(27)28)15-25-23(30)31-14-20-18-10-6-4-8-16(18)17-9-5-7-11-19(17)20/h4-11,20H,12-15H2,1-3H3,(H,25,30)(H,27,28). The summed E-state index contributed by atoms with van der Waals surface area (Å²) in [5.41, 5.74) is 3.68. The normalized spacial score (nSPS) is 12.6. The molecule has 2 amide bonds. The maximum atomic E-state index is 12.6. The van der Waals surface area contributed by atoms with E-state index in [1.165, 1.54) is 4.90 Å². The molecule has 0 bridgehead atoms.